The summed E-state index contributed by atoms with van der Waals surface area (Å²) in [4.78, 5) is 21.1. The molecule has 1 fully saturated rings. The molecule has 5 rings (SSSR count). The Morgan fingerprint density at radius 1 is 1.03 bits per heavy atom. The molecule has 2 aromatic carbocycles. The lowest BCUT2D eigenvalue weighted by Gasteiger charge is -2.33. The fraction of sp³-hybridized carbons (Fsp3) is 0.321. The molecule has 10 heteroatoms. The molecule has 2 aliphatic heterocycles. The molecule has 0 saturated carbocycles. The summed E-state index contributed by atoms with van der Waals surface area (Å²) < 4.78 is 6.16. The van der Waals surface area contributed by atoms with Gasteiger partial charge < -0.3 is 25.6 Å². The van der Waals surface area contributed by atoms with Gasteiger partial charge in [0.25, 0.3) is 5.91 Å². The van der Waals surface area contributed by atoms with Gasteiger partial charge in [0, 0.05) is 31.7 Å². The molecule has 1 saturated heterocycles. The van der Waals surface area contributed by atoms with Crippen molar-refractivity contribution in [1.82, 2.24) is 9.88 Å². The Balaban J connectivity index is 0.00000200. The third kappa shape index (κ3) is 7.08. The Morgan fingerprint density at radius 3 is 2.47 bits per heavy atom. The van der Waals surface area contributed by atoms with Crippen molar-refractivity contribution < 1.29 is 9.53 Å². The van der Waals surface area contributed by atoms with Crippen LogP contribution in [-0.2, 0) is 13.0 Å². The van der Waals surface area contributed by atoms with Crippen molar-refractivity contribution in [1.29, 1.82) is 5.41 Å². The standard InChI is InChI=1S/C28H32N6O2.2ClH/c29-28(30)34-15-12-21-6-8-25(16-23(21)18-34)36-19-20-10-13-33(14-11-20)26-9-7-24(17-31-26)32-27(35)22-4-2-1-3-5-22;;/h1-9,16-17,20H,10-15,18-19H2,(H3,29,30)(H,32,35);2*1H. The minimum Gasteiger partial charge on any atom is -0.493 e. The van der Waals surface area contributed by atoms with Crippen LogP contribution in [0.3, 0.4) is 0 Å². The van der Waals surface area contributed by atoms with Gasteiger partial charge >= 0.3 is 0 Å². The van der Waals surface area contributed by atoms with E-state index in [-0.39, 0.29) is 36.7 Å². The minimum absolute atomic E-state index is 0. The molecular weight excluding hydrogens is 523 g/mol. The molecular formula is C28H34Cl2N6O2. The maximum absolute atomic E-state index is 12.3. The molecule has 0 atom stereocenters. The predicted octanol–water partition coefficient (Wildman–Crippen LogP) is 4.72. The van der Waals surface area contributed by atoms with Gasteiger partial charge in [0.1, 0.15) is 11.6 Å². The van der Waals surface area contributed by atoms with Crippen molar-refractivity contribution in [2.24, 2.45) is 11.7 Å². The zero-order valence-corrected chi connectivity index (χ0v) is 22.8. The van der Waals surface area contributed by atoms with Crippen LogP contribution in [0, 0.1) is 11.3 Å². The molecule has 3 heterocycles. The molecule has 8 nitrogen and oxygen atoms in total. The zero-order chi connectivity index (χ0) is 24.9. The number of amides is 1. The lowest BCUT2D eigenvalue weighted by molar-refractivity contribution is 0.102. The SMILES string of the molecule is Cl.Cl.N=C(N)N1CCc2ccc(OCC3CCN(c4ccc(NC(=O)c5ccccc5)cn4)CC3)cc2C1. The van der Waals surface area contributed by atoms with E-state index in [4.69, 9.17) is 15.9 Å². The number of nitrogens with zero attached hydrogens (tertiary/aromatic N) is 3. The van der Waals surface area contributed by atoms with E-state index < -0.39 is 0 Å². The Labute approximate surface area is 235 Å². The average molecular weight is 558 g/mol. The number of halogens is 2. The first-order valence-corrected chi connectivity index (χ1v) is 12.5. The first kappa shape index (κ1) is 29.1. The number of carbonyl (C=O) groups excluding carboxylic acids is 1. The number of hydrogen-bond donors (Lipinski definition) is 3. The number of carbonyl (C=O) groups is 1. The molecule has 0 unspecified atom stereocenters. The number of guanidine groups is 1. The monoisotopic (exact) mass is 556 g/mol. The lowest BCUT2D eigenvalue weighted by Crippen LogP contribution is -2.40. The summed E-state index contributed by atoms with van der Waals surface area (Å²) in [7, 11) is 0. The van der Waals surface area contributed by atoms with Gasteiger partial charge in [-0.1, -0.05) is 24.3 Å². The Morgan fingerprint density at radius 2 is 1.79 bits per heavy atom. The second-order valence-electron chi connectivity index (χ2n) is 9.45. The number of fused-ring (bicyclic) bond motifs is 1. The first-order chi connectivity index (χ1) is 17.5. The van der Waals surface area contributed by atoms with Gasteiger partial charge in [0.2, 0.25) is 0 Å². The average Bonchev–Trinajstić information content (AvgIpc) is 2.92. The van der Waals surface area contributed by atoms with Crippen molar-refractivity contribution in [3.63, 3.8) is 0 Å². The molecule has 1 aromatic heterocycles. The van der Waals surface area contributed by atoms with E-state index in [2.05, 4.69) is 33.4 Å². The van der Waals surface area contributed by atoms with E-state index in [0.29, 0.717) is 30.3 Å². The maximum atomic E-state index is 12.3. The Hall–Kier alpha value is -3.49. The van der Waals surface area contributed by atoms with E-state index in [9.17, 15) is 4.79 Å². The van der Waals surface area contributed by atoms with E-state index in [1.807, 2.05) is 35.2 Å². The van der Waals surface area contributed by atoms with Crippen LogP contribution in [0.2, 0.25) is 0 Å². The highest BCUT2D eigenvalue weighted by Crippen LogP contribution is 2.26. The van der Waals surface area contributed by atoms with Gasteiger partial charge in [-0.25, -0.2) is 4.98 Å². The highest BCUT2D eigenvalue weighted by Gasteiger charge is 2.22. The Kier molecular flexibility index (Phi) is 10.2. The van der Waals surface area contributed by atoms with Crippen molar-refractivity contribution in [2.45, 2.75) is 25.8 Å². The summed E-state index contributed by atoms with van der Waals surface area (Å²) in [6.45, 7) is 4.01. The van der Waals surface area contributed by atoms with Gasteiger partial charge in [0.15, 0.2) is 5.96 Å². The van der Waals surface area contributed by atoms with Crippen molar-refractivity contribution >= 4 is 48.2 Å². The van der Waals surface area contributed by atoms with Crippen molar-refractivity contribution in [2.75, 3.05) is 36.5 Å². The number of anilines is 2. The van der Waals surface area contributed by atoms with Crippen LogP contribution in [0.25, 0.3) is 0 Å². The van der Waals surface area contributed by atoms with E-state index >= 15 is 0 Å². The number of ether oxygens (including phenoxy) is 1. The van der Waals surface area contributed by atoms with Gasteiger partial charge in [-0.15, -0.1) is 24.8 Å². The smallest absolute Gasteiger partial charge is 0.255 e. The molecule has 1 amide bonds. The number of rotatable bonds is 6. The van der Waals surface area contributed by atoms with E-state index in [0.717, 1.165) is 50.5 Å². The summed E-state index contributed by atoms with van der Waals surface area (Å²) in [5.41, 5.74) is 9.49. The molecule has 0 bridgehead atoms. The Bertz CT molecular complexity index is 1220. The van der Waals surface area contributed by atoms with Crippen LogP contribution in [-0.4, -0.2) is 48.0 Å². The number of nitrogens with two attached hydrogens (primary N) is 1. The second-order valence-corrected chi connectivity index (χ2v) is 9.45. The summed E-state index contributed by atoms with van der Waals surface area (Å²) in [6.07, 6.45) is 4.70. The third-order valence-corrected chi connectivity index (χ3v) is 7.00. The normalized spacial score (nSPS) is 14.9. The molecule has 38 heavy (non-hydrogen) atoms. The fourth-order valence-electron chi connectivity index (χ4n) is 4.81. The van der Waals surface area contributed by atoms with Crippen LogP contribution in [0.1, 0.15) is 34.3 Å². The maximum Gasteiger partial charge on any atom is 0.255 e. The van der Waals surface area contributed by atoms with Crippen LogP contribution < -0.4 is 20.7 Å². The molecule has 0 radical (unpaired) electrons. The van der Waals surface area contributed by atoms with E-state index in [1.54, 1.807) is 18.3 Å². The van der Waals surface area contributed by atoms with Gasteiger partial charge in [-0.05, 0) is 72.7 Å². The first-order valence-electron chi connectivity index (χ1n) is 12.5. The number of pyridine rings is 1. The largest absolute Gasteiger partial charge is 0.493 e. The molecule has 2 aliphatic rings. The number of aromatic nitrogens is 1. The summed E-state index contributed by atoms with van der Waals surface area (Å²) in [6, 6.07) is 19.3. The number of nitrogens with one attached hydrogen (secondary N) is 2. The fourth-order valence-corrected chi connectivity index (χ4v) is 4.81. The van der Waals surface area contributed by atoms with Crippen LogP contribution in [0.5, 0.6) is 5.75 Å². The third-order valence-electron chi connectivity index (χ3n) is 7.00. The van der Waals surface area contributed by atoms with Gasteiger partial charge in [-0.2, -0.15) is 0 Å². The van der Waals surface area contributed by atoms with Crippen molar-refractivity contribution in [3.8, 4) is 5.75 Å². The van der Waals surface area contributed by atoms with Gasteiger partial charge in [0.05, 0.1) is 18.5 Å². The highest BCUT2D eigenvalue weighted by atomic mass is 35.5. The molecule has 4 N–H and O–H groups in total. The number of hydrogen-bond acceptors (Lipinski definition) is 5. The topological polar surface area (TPSA) is 108 Å². The second kappa shape index (κ2) is 13.3. The van der Waals surface area contributed by atoms with E-state index in [1.165, 1.54) is 11.1 Å². The molecule has 0 spiro atoms. The summed E-state index contributed by atoms with van der Waals surface area (Å²) >= 11 is 0. The predicted molar refractivity (Wildman–Crippen MR) is 156 cm³/mol. The number of benzene rings is 2. The minimum atomic E-state index is -0.138. The quantitative estimate of drug-likeness (QED) is 0.299. The van der Waals surface area contributed by atoms with Gasteiger partial charge in [-0.3, -0.25) is 10.2 Å². The van der Waals surface area contributed by atoms with Crippen molar-refractivity contribution in [3.05, 3.63) is 83.6 Å². The number of piperidine rings is 1. The molecule has 0 aliphatic carbocycles. The summed E-state index contributed by atoms with van der Waals surface area (Å²) in [5, 5.41) is 10.6. The van der Waals surface area contributed by atoms with Crippen LogP contribution in [0.15, 0.2) is 66.9 Å². The molecule has 3 aromatic rings. The molecule has 202 valence electrons. The highest BCUT2D eigenvalue weighted by molar-refractivity contribution is 6.04. The van der Waals surface area contributed by atoms with Crippen LogP contribution >= 0.6 is 24.8 Å². The zero-order valence-electron chi connectivity index (χ0n) is 21.1. The van der Waals surface area contributed by atoms with Crippen LogP contribution in [0.4, 0.5) is 11.5 Å². The lowest BCUT2D eigenvalue weighted by atomic mass is 9.97. The summed E-state index contributed by atoms with van der Waals surface area (Å²) in [5.74, 6) is 2.30.